The van der Waals surface area contributed by atoms with E-state index in [2.05, 4.69) is 33.0 Å². The first-order valence-corrected chi connectivity index (χ1v) is 9.41. The van der Waals surface area contributed by atoms with Crippen LogP contribution in [-0.4, -0.2) is 24.8 Å². The van der Waals surface area contributed by atoms with Gasteiger partial charge in [-0.2, -0.15) is 0 Å². The van der Waals surface area contributed by atoms with Crippen LogP contribution in [0.4, 0.5) is 0 Å². The summed E-state index contributed by atoms with van der Waals surface area (Å²) >= 11 is 0. The molecule has 0 aromatic rings. The first-order chi connectivity index (χ1) is 10.0. The molecule has 124 valence electrons. The van der Waals surface area contributed by atoms with Gasteiger partial charge in [0.15, 0.2) is 0 Å². The Kier molecular flexibility index (Phi) is 6.55. The number of nitrogens with one attached hydrogen (secondary N) is 1. The Morgan fingerprint density at radius 1 is 1.05 bits per heavy atom. The van der Waals surface area contributed by atoms with Gasteiger partial charge in [-0.05, 0) is 62.8 Å². The second-order valence-electron chi connectivity index (χ2n) is 8.22. The molecule has 4 atom stereocenters. The molecule has 0 spiro atoms. The monoisotopic (exact) mass is 295 g/mol. The summed E-state index contributed by atoms with van der Waals surface area (Å²) in [6.07, 6.45) is 10.9. The molecule has 0 aromatic heterocycles. The van der Waals surface area contributed by atoms with Gasteiger partial charge in [-0.1, -0.05) is 40.5 Å². The molecule has 0 aliphatic heterocycles. The molecule has 0 radical (unpaired) electrons. The lowest BCUT2D eigenvalue weighted by atomic mass is 9.77. The highest BCUT2D eigenvalue weighted by molar-refractivity contribution is 4.91. The zero-order valence-corrected chi connectivity index (χ0v) is 14.8. The zero-order valence-electron chi connectivity index (χ0n) is 14.8. The maximum absolute atomic E-state index is 6.82. The average molecular weight is 296 g/mol. The summed E-state index contributed by atoms with van der Waals surface area (Å²) in [6, 6.07) is 0. The van der Waals surface area contributed by atoms with Gasteiger partial charge in [0.2, 0.25) is 0 Å². The van der Waals surface area contributed by atoms with Crippen LogP contribution in [0.3, 0.4) is 0 Å². The van der Waals surface area contributed by atoms with E-state index in [0.29, 0.717) is 6.10 Å². The quantitative estimate of drug-likeness (QED) is 0.712. The topological polar surface area (TPSA) is 21.3 Å². The number of ether oxygens (including phenoxy) is 1. The minimum atomic E-state index is 0.119. The Morgan fingerprint density at radius 2 is 1.76 bits per heavy atom. The summed E-state index contributed by atoms with van der Waals surface area (Å²) in [6.45, 7) is 11.6. The molecule has 2 saturated carbocycles. The molecule has 2 rings (SSSR count). The Morgan fingerprint density at radius 3 is 2.38 bits per heavy atom. The van der Waals surface area contributed by atoms with Crippen LogP contribution in [0.1, 0.15) is 79.1 Å². The molecule has 2 aliphatic carbocycles. The van der Waals surface area contributed by atoms with E-state index in [9.17, 15) is 0 Å². The molecule has 2 nitrogen and oxygen atoms in total. The largest absolute Gasteiger partial charge is 0.370 e. The molecule has 0 aromatic carbocycles. The predicted molar refractivity (Wildman–Crippen MR) is 90.6 cm³/mol. The van der Waals surface area contributed by atoms with Gasteiger partial charge in [-0.15, -0.1) is 0 Å². The van der Waals surface area contributed by atoms with Crippen LogP contribution in [0.25, 0.3) is 0 Å². The van der Waals surface area contributed by atoms with Gasteiger partial charge in [-0.25, -0.2) is 0 Å². The standard InChI is InChI=1S/C19H37NO/c1-5-9-20-14-19(8-6-7-15(2)13-19)21-18-11-16(3)10-17(4)12-18/h15-18,20H,5-14H2,1-4H3. The highest BCUT2D eigenvalue weighted by Crippen LogP contribution is 2.39. The summed E-state index contributed by atoms with van der Waals surface area (Å²) < 4.78 is 6.82. The van der Waals surface area contributed by atoms with E-state index in [-0.39, 0.29) is 5.60 Å². The van der Waals surface area contributed by atoms with Crippen LogP contribution in [-0.2, 0) is 4.74 Å². The molecule has 1 N–H and O–H groups in total. The van der Waals surface area contributed by atoms with Gasteiger partial charge in [0.05, 0.1) is 11.7 Å². The van der Waals surface area contributed by atoms with E-state index >= 15 is 0 Å². The summed E-state index contributed by atoms with van der Waals surface area (Å²) in [5.74, 6) is 2.49. The van der Waals surface area contributed by atoms with E-state index in [4.69, 9.17) is 4.74 Å². The molecular weight excluding hydrogens is 258 g/mol. The van der Waals surface area contributed by atoms with Crippen LogP contribution < -0.4 is 5.32 Å². The van der Waals surface area contributed by atoms with Gasteiger partial charge in [0.1, 0.15) is 0 Å². The van der Waals surface area contributed by atoms with Crippen molar-refractivity contribution in [2.45, 2.75) is 90.8 Å². The highest BCUT2D eigenvalue weighted by atomic mass is 16.5. The Labute approximate surface area is 132 Å². The Hall–Kier alpha value is -0.0800. The Bertz CT molecular complexity index is 296. The van der Waals surface area contributed by atoms with Crippen molar-refractivity contribution in [2.75, 3.05) is 13.1 Å². The third kappa shape index (κ3) is 5.25. The minimum absolute atomic E-state index is 0.119. The predicted octanol–water partition coefficient (Wildman–Crippen LogP) is 4.78. The summed E-state index contributed by atoms with van der Waals surface area (Å²) in [5.41, 5.74) is 0.119. The van der Waals surface area contributed by atoms with Crippen LogP contribution in [0, 0.1) is 17.8 Å². The molecule has 4 unspecified atom stereocenters. The normalized spacial score (nSPS) is 41.1. The molecule has 2 fully saturated rings. The van der Waals surface area contributed by atoms with Crippen molar-refractivity contribution >= 4 is 0 Å². The van der Waals surface area contributed by atoms with Crippen molar-refractivity contribution in [3.05, 3.63) is 0 Å². The summed E-state index contributed by atoms with van der Waals surface area (Å²) in [5, 5.41) is 3.65. The highest BCUT2D eigenvalue weighted by Gasteiger charge is 2.39. The third-order valence-corrected chi connectivity index (χ3v) is 5.48. The van der Waals surface area contributed by atoms with E-state index in [1.165, 1.54) is 51.4 Å². The van der Waals surface area contributed by atoms with Crippen molar-refractivity contribution in [2.24, 2.45) is 17.8 Å². The maximum atomic E-state index is 6.82. The van der Waals surface area contributed by atoms with Gasteiger partial charge in [0.25, 0.3) is 0 Å². The van der Waals surface area contributed by atoms with Crippen molar-refractivity contribution in [1.29, 1.82) is 0 Å². The zero-order chi connectivity index (χ0) is 15.3. The van der Waals surface area contributed by atoms with Gasteiger partial charge >= 0.3 is 0 Å². The number of rotatable bonds is 6. The fourth-order valence-corrected chi connectivity index (χ4v) is 4.74. The van der Waals surface area contributed by atoms with Crippen LogP contribution in [0.15, 0.2) is 0 Å². The van der Waals surface area contributed by atoms with Crippen molar-refractivity contribution < 1.29 is 4.74 Å². The van der Waals surface area contributed by atoms with Crippen LogP contribution in [0.2, 0.25) is 0 Å². The van der Waals surface area contributed by atoms with Gasteiger partial charge in [0, 0.05) is 6.54 Å². The summed E-state index contributed by atoms with van der Waals surface area (Å²) in [7, 11) is 0. The van der Waals surface area contributed by atoms with E-state index in [0.717, 1.165) is 30.8 Å². The maximum Gasteiger partial charge on any atom is 0.0812 e. The molecule has 0 heterocycles. The number of hydrogen-bond acceptors (Lipinski definition) is 2. The molecule has 0 saturated heterocycles. The van der Waals surface area contributed by atoms with E-state index in [1.807, 2.05) is 0 Å². The van der Waals surface area contributed by atoms with E-state index in [1.54, 1.807) is 0 Å². The fourth-order valence-electron chi connectivity index (χ4n) is 4.74. The lowest BCUT2D eigenvalue weighted by molar-refractivity contribution is -0.139. The lowest BCUT2D eigenvalue weighted by Crippen LogP contribution is -2.49. The van der Waals surface area contributed by atoms with Crippen LogP contribution >= 0.6 is 0 Å². The molecule has 0 amide bonds. The first kappa shape index (κ1) is 17.3. The van der Waals surface area contributed by atoms with E-state index < -0.39 is 0 Å². The second-order valence-corrected chi connectivity index (χ2v) is 8.22. The number of hydrogen-bond donors (Lipinski definition) is 1. The first-order valence-electron chi connectivity index (χ1n) is 9.41. The summed E-state index contributed by atoms with van der Waals surface area (Å²) in [4.78, 5) is 0. The minimum Gasteiger partial charge on any atom is -0.370 e. The SMILES string of the molecule is CCCNCC1(OC2CC(C)CC(C)C2)CCCC(C)C1. The smallest absolute Gasteiger partial charge is 0.0812 e. The molecule has 2 heteroatoms. The van der Waals surface area contributed by atoms with Crippen molar-refractivity contribution in [3.63, 3.8) is 0 Å². The Balaban J connectivity index is 1.97. The van der Waals surface area contributed by atoms with Gasteiger partial charge in [-0.3, -0.25) is 0 Å². The third-order valence-electron chi connectivity index (χ3n) is 5.48. The fraction of sp³-hybridized carbons (Fsp3) is 1.00. The van der Waals surface area contributed by atoms with Crippen molar-refractivity contribution in [1.82, 2.24) is 5.32 Å². The van der Waals surface area contributed by atoms with Crippen molar-refractivity contribution in [3.8, 4) is 0 Å². The van der Waals surface area contributed by atoms with Crippen LogP contribution in [0.5, 0.6) is 0 Å². The molecular formula is C19H37NO. The molecule has 2 aliphatic rings. The second kappa shape index (κ2) is 7.97. The average Bonchev–Trinajstić information content (AvgIpc) is 2.37. The lowest BCUT2D eigenvalue weighted by Gasteiger charge is -2.45. The molecule has 0 bridgehead atoms. The molecule has 21 heavy (non-hydrogen) atoms. The van der Waals surface area contributed by atoms with Gasteiger partial charge < -0.3 is 10.1 Å².